The van der Waals surface area contributed by atoms with Crippen molar-refractivity contribution in [2.24, 2.45) is 11.1 Å². The van der Waals surface area contributed by atoms with Crippen LogP contribution in [0.5, 0.6) is 0 Å². The minimum atomic E-state index is 0.0384. The summed E-state index contributed by atoms with van der Waals surface area (Å²) in [6, 6.07) is 4.23. The Morgan fingerprint density at radius 2 is 2.13 bits per heavy atom. The van der Waals surface area contributed by atoms with Crippen molar-refractivity contribution in [1.82, 2.24) is 4.98 Å². The van der Waals surface area contributed by atoms with E-state index in [2.05, 4.69) is 37.2 Å². The average molecular weight is 220 g/mol. The first-order valence-corrected chi connectivity index (χ1v) is 5.95. The molecule has 0 saturated carbocycles. The Morgan fingerprint density at radius 1 is 1.40 bits per heavy atom. The van der Waals surface area contributed by atoms with Gasteiger partial charge in [-0.15, -0.1) is 11.3 Å². The van der Waals surface area contributed by atoms with Gasteiger partial charge < -0.3 is 5.73 Å². The predicted octanol–water partition coefficient (Wildman–Crippen LogP) is 3.34. The second-order valence-corrected chi connectivity index (χ2v) is 5.86. The molecule has 0 aliphatic rings. The minimum Gasteiger partial charge on any atom is -0.323 e. The molecule has 15 heavy (non-hydrogen) atoms. The number of aromatic nitrogens is 1. The summed E-state index contributed by atoms with van der Waals surface area (Å²) in [5.74, 6) is 0. The van der Waals surface area contributed by atoms with Crippen molar-refractivity contribution in [3.63, 3.8) is 0 Å². The normalized spacial score (nSPS) is 14.4. The molecule has 0 aliphatic heterocycles. The molecule has 0 aromatic carbocycles. The highest BCUT2D eigenvalue weighted by Gasteiger charge is 2.22. The van der Waals surface area contributed by atoms with Gasteiger partial charge >= 0.3 is 0 Å². The highest BCUT2D eigenvalue weighted by molar-refractivity contribution is 7.17. The van der Waals surface area contributed by atoms with Gasteiger partial charge in [-0.25, -0.2) is 0 Å². The van der Waals surface area contributed by atoms with Crippen LogP contribution in [0.15, 0.2) is 23.7 Å². The second-order valence-electron chi connectivity index (χ2n) is 4.92. The van der Waals surface area contributed by atoms with Crippen LogP contribution in [0.4, 0.5) is 0 Å². The zero-order valence-electron chi connectivity index (χ0n) is 9.32. The van der Waals surface area contributed by atoms with Crippen LogP contribution in [0.3, 0.4) is 0 Å². The van der Waals surface area contributed by atoms with Gasteiger partial charge in [-0.2, -0.15) is 0 Å². The molecule has 0 amide bonds. The van der Waals surface area contributed by atoms with Crippen molar-refractivity contribution in [3.05, 3.63) is 29.3 Å². The fraction of sp³-hybridized carbons (Fsp3) is 0.417. The monoisotopic (exact) mass is 220 g/mol. The molecule has 2 aromatic heterocycles. The molecule has 0 fully saturated rings. The first-order chi connectivity index (χ1) is 6.98. The summed E-state index contributed by atoms with van der Waals surface area (Å²) in [5.41, 5.74) is 8.46. The molecule has 0 spiro atoms. The van der Waals surface area contributed by atoms with Gasteiger partial charge in [-0.1, -0.05) is 20.8 Å². The number of rotatable bonds is 1. The van der Waals surface area contributed by atoms with Crippen molar-refractivity contribution in [1.29, 1.82) is 0 Å². The molecule has 0 aliphatic carbocycles. The maximum atomic E-state index is 6.20. The Labute approximate surface area is 94.1 Å². The maximum Gasteiger partial charge on any atom is 0.0809 e. The van der Waals surface area contributed by atoms with E-state index in [-0.39, 0.29) is 11.5 Å². The maximum absolute atomic E-state index is 6.20. The van der Waals surface area contributed by atoms with Crippen molar-refractivity contribution in [2.45, 2.75) is 26.8 Å². The highest BCUT2D eigenvalue weighted by atomic mass is 32.1. The molecule has 3 heteroatoms. The SMILES string of the molecule is CC(C)(C)C(N)c1cnc2ccsc2c1. The summed E-state index contributed by atoms with van der Waals surface area (Å²) >= 11 is 1.71. The molecule has 0 saturated heterocycles. The van der Waals surface area contributed by atoms with Crippen LogP contribution in [0.2, 0.25) is 0 Å². The van der Waals surface area contributed by atoms with E-state index in [1.807, 2.05) is 12.3 Å². The van der Waals surface area contributed by atoms with Crippen molar-refractivity contribution in [2.75, 3.05) is 0 Å². The van der Waals surface area contributed by atoms with Crippen LogP contribution in [-0.4, -0.2) is 4.98 Å². The van der Waals surface area contributed by atoms with Crippen LogP contribution < -0.4 is 5.73 Å². The third-order valence-electron chi connectivity index (χ3n) is 2.62. The minimum absolute atomic E-state index is 0.0384. The van der Waals surface area contributed by atoms with E-state index in [4.69, 9.17) is 5.73 Å². The van der Waals surface area contributed by atoms with Gasteiger partial charge in [0, 0.05) is 12.2 Å². The van der Waals surface area contributed by atoms with E-state index >= 15 is 0 Å². The van der Waals surface area contributed by atoms with Gasteiger partial charge in [0.2, 0.25) is 0 Å². The largest absolute Gasteiger partial charge is 0.323 e. The Morgan fingerprint density at radius 3 is 2.80 bits per heavy atom. The third kappa shape index (κ3) is 2.03. The molecule has 0 bridgehead atoms. The smallest absolute Gasteiger partial charge is 0.0809 e. The van der Waals surface area contributed by atoms with Crippen LogP contribution in [-0.2, 0) is 0 Å². The van der Waals surface area contributed by atoms with Gasteiger partial charge in [0.1, 0.15) is 0 Å². The van der Waals surface area contributed by atoms with Gasteiger partial charge in [0.25, 0.3) is 0 Å². The molecule has 2 rings (SSSR count). The second kappa shape index (κ2) is 3.58. The van der Waals surface area contributed by atoms with E-state index in [1.165, 1.54) is 4.70 Å². The topological polar surface area (TPSA) is 38.9 Å². The number of hydrogen-bond donors (Lipinski definition) is 1. The molecule has 1 atom stereocenters. The summed E-state index contributed by atoms with van der Waals surface area (Å²) in [4.78, 5) is 4.41. The van der Waals surface area contributed by atoms with Crippen LogP contribution in [0.1, 0.15) is 32.4 Å². The van der Waals surface area contributed by atoms with E-state index in [1.54, 1.807) is 11.3 Å². The van der Waals surface area contributed by atoms with Gasteiger partial charge in [0.05, 0.1) is 10.2 Å². The van der Waals surface area contributed by atoms with Crippen molar-refractivity contribution < 1.29 is 0 Å². The lowest BCUT2D eigenvalue weighted by molar-refractivity contribution is 0.326. The van der Waals surface area contributed by atoms with E-state index < -0.39 is 0 Å². The fourth-order valence-electron chi connectivity index (χ4n) is 1.53. The number of nitrogens with zero attached hydrogens (tertiary/aromatic N) is 1. The molecule has 2 heterocycles. The lowest BCUT2D eigenvalue weighted by atomic mass is 9.84. The molecular formula is C12H16N2S. The molecule has 2 aromatic rings. The zero-order chi connectivity index (χ0) is 11.1. The summed E-state index contributed by atoms with van der Waals surface area (Å²) in [6.45, 7) is 6.45. The van der Waals surface area contributed by atoms with Crippen molar-refractivity contribution >= 4 is 21.6 Å². The molecule has 2 N–H and O–H groups in total. The molecule has 0 radical (unpaired) electrons. The van der Waals surface area contributed by atoms with Crippen LogP contribution in [0, 0.1) is 5.41 Å². The Balaban J connectivity index is 2.44. The highest BCUT2D eigenvalue weighted by Crippen LogP contribution is 2.32. The summed E-state index contributed by atoms with van der Waals surface area (Å²) < 4.78 is 1.22. The molecular weight excluding hydrogens is 204 g/mol. The quantitative estimate of drug-likeness (QED) is 0.800. The zero-order valence-corrected chi connectivity index (χ0v) is 10.1. The summed E-state index contributed by atoms with van der Waals surface area (Å²) in [6.07, 6.45) is 1.89. The molecule has 2 nitrogen and oxygen atoms in total. The van der Waals surface area contributed by atoms with E-state index in [9.17, 15) is 0 Å². The Bertz CT molecular complexity index is 468. The Hall–Kier alpha value is -0.930. The van der Waals surface area contributed by atoms with E-state index in [0.29, 0.717) is 0 Å². The predicted molar refractivity (Wildman–Crippen MR) is 66.0 cm³/mol. The molecule has 1 unspecified atom stereocenters. The average Bonchev–Trinajstić information content (AvgIpc) is 2.61. The van der Waals surface area contributed by atoms with Gasteiger partial charge in [-0.05, 0) is 28.5 Å². The molecule has 80 valence electrons. The lowest BCUT2D eigenvalue weighted by Crippen LogP contribution is -2.26. The van der Waals surface area contributed by atoms with Gasteiger partial charge in [0.15, 0.2) is 0 Å². The lowest BCUT2D eigenvalue weighted by Gasteiger charge is -2.27. The van der Waals surface area contributed by atoms with Crippen molar-refractivity contribution in [3.8, 4) is 0 Å². The first kappa shape index (κ1) is 10.6. The number of pyridine rings is 1. The standard InChI is InChI=1S/C12H16N2S/c1-12(2,3)11(13)8-6-10-9(14-7-8)4-5-15-10/h4-7,11H,13H2,1-3H3. The Kier molecular flexibility index (Phi) is 2.52. The van der Waals surface area contributed by atoms with Crippen LogP contribution in [0.25, 0.3) is 10.2 Å². The number of nitrogens with two attached hydrogens (primary N) is 1. The van der Waals surface area contributed by atoms with Gasteiger partial charge in [-0.3, -0.25) is 4.98 Å². The van der Waals surface area contributed by atoms with Crippen LogP contribution >= 0.6 is 11.3 Å². The number of thiophene rings is 1. The fourth-order valence-corrected chi connectivity index (χ4v) is 2.32. The summed E-state index contributed by atoms with van der Waals surface area (Å²) in [5, 5.41) is 2.06. The first-order valence-electron chi connectivity index (χ1n) is 5.07. The third-order valence-corrected chi connectivity index (χ3v) is 3.47. The van der Waals surface area contributed by atoms with E-state index in [0.717, 1.165) is 11.1 Å². The number of hydrogen-bond acceptors (Lipinski definition) is 3. The number of fused-ring (bicyclic) bond motifs is 1. The summed E-state index contributed by atoms with van der Waals surface area (Å²) in [7, 11) is 0.